The topological polar surface area (TPSA) is 22.1 Å². The smallest absolute Gasteiger partial charge is 0.422 e. The van der Waals surface area contributed by atoms with Gasteiger partial charge in [-0.05, 0) is 6.07 Å². The van der Waals surface area contributed by atoms with Crippen LogP contribution in [0.2, 0.25) is 0 Å². The number of aromatic nitrogens is 1. The number of ether oxygens (including phenoxy) is 1. The first-order valence-electron chi connectivity index (χ1n) is 3.18. The Labute approximate surface area is 79.1 Å². The number of halogens is 4. The van der Waals surface area contributed by atoms with Crippen LogP contribution in [0.1, 0.15) is 0 Å². The molecule has 1 aromatic heterocycles. The summed E-state index contributed by atoms with van der Waals surface area (Å²) < 4.78 is 39.1. The summed E-state index contributed by atoms with van der Waals surface area (Å²) in [6, 6.07) is 4.52. The first-order chi connectivity index (χ1) is 5.58. The lowest BCUT2D eigenvalue weighted by Crippen LogP contribution is -2.19. The lowest BCUT2D eigenvalue weighted by atomic mass is 10.5. The summed E-state index contributed by atoms with van der Waals surface area (Å²) in [7, 11) is 0. The summed E-state index contributed by atoms with van der Waals surface area (Å²) in [6.45, 7) is -1.30. The van der Waals surface area contributed by atoms with E-state index in [0.29, 0.717) is 0 Å². The van der Waals surface area contributed by atoms with E-state index in [1.165, 1.54) is 12.3 Å². The lowest BCUT2D eigenvalue weighted by molar-refractivity contribution is -0.154. The van der Waals surface area contributed by atoms with Crippen LogP contribution in [0.4, 0.5) is 13.2 Å². The monoisotopic (exact) mass is 213 g/mol. The van der Waals surface area contributed by atoms with Crippen molar-refractivity contribution >= 4 is 12.4 Å². The highest BCUT2D eigenvalue weighted by molar-refractivity contribution is 5.85. The minimum Gasteiger partial charge on any atom is -0.468 e. The molecule has 1 rings (SSSR count). The predicted molar refractivity (Wildman–Crippen MR) is 43.0 cm³/mol. The zero-order valence-corrected chi connectivity index (χ0v) is 7.23. The summed E-state index contributed by atoms with van der Waals surface area (Å²) in [5, 5.41) is 0. The molecular weight excluding hydrogens is 207 g/mol. The number of nitrogens with zero attached hydrogens (tertiary/aromatic N) is 1. The summed E-state index contributed by atoms with van der Waals surface area (Å²) in [5.74, 6) is -0.0187. The largest absolute Gasteiger partial charge is 0.468 e. The molecule has 0 aromatic carbocycles. The molecule has 0 N–H and O–H groups in total. The fourth-order valence-corrected chi connectivity index (χ4v) is 0.588. The maximum Gasteiger partial charge on any atom is 0.422 e. The maximum absolute atomic E-state index is 11.6. The number of pyridine rings is 1. The van der Waals surface area contributed by atoms with Gasteiger partial charge in [-0.1, -0.05) is 6.07 Å². The van der Waals surface area contributed by atoms with Crippen molar-refractivity contribution in [2.24, 2.45) is 0 Å². The van der Waals surface area contributed by atoms with E-state index in [-0.39, 0.29) is 18.3 Å². The first kappa shape index (κ1) is 12.0. The summed E-state index contributed by atoms with van der Waals surface area (Å²) in [4.78, 5) is 3.56. The standard InChI is InChI=1S/C7H6F3NO.ClH/c8-7(9,10)5-12-6-3-1-2-4-11-6;/h1-4H,5H2;1H. The predicted octanol–water partition coefficient (Wildman–Crippen LogP) is 2.44. The summed E-state index contributed by atoms with van der Waals surface area (Å²) >= 11 is 0. The van der Waals surface area contributed by atoms with Crippen LogP contribution < -0.4 is 4.74 Å². The van der Waals surface area contributed by atoms with E-state index in [1.54, 1.807) is 12.1 Å². The molecule has 2 nitrogen and oxygen atoms in total. The van der Waals surface area contributed by atoms with Gasteiger partial charge < -0.3 is 4.74 Å². The molecule has 0 atom stereocenters. The van der Waals surface area contributed by atoms with Crippen molar-refractivity contribution in [3.05, 3.63) is 24.4 Å². The maximum atomic E-state index is 11.6. The van der Waals surface area contributed by atoms with Gasteiger partial charge in [0.15, 0.2) is 6.61 Å². The van der Waals surface area contributed by atoms with Gasteiger partial charge in [0.1, 0.15) is 0 Å². The van der Waals surface area contributed by atoms with E-state index >= 15 is 0 Å². The van der Waals surface area contributed by atoms with Crippen molar-refractivity contribution in [1.82, 2.24) is 4.98 Å². The van der Waals surface area contributed by atoms with Crippen molar-refractivity contribution < 1.29 is 17.9 Å². The van der Waals surface area contributed by atoms with E-state index in [1.807, 2.05) is 0 Å². The Balaban J connectivity index is 0.00000144. The van der Waals surface area contributed by atoms with Crippen molar-refractivity contribution in [3.8, 4) is 5.88 Å². The number of rotatable bonds is 2. The average molecular weight is 214 g/mol. The van der Waals surface area contributed by atoms with Crippen LogP contribution in [0.15, 0.2) is 24.4 Å². The lowest BCUT2D eigenvalue weighted by Gasteiger charge is -2.06. The minimum atomic E-state index is -4.31. The van der Waals surface area contributed by atoms with Gasteiger partial charge in [-0.15, -0.1) is 12.4 Å². The zero-order chi connectivity index (χ0) is 9.03. The zero-order valence-electron chi connectivity index (χ0n) is 6.41. The van der Waals surface area contributed by atoms with E-state index in [2.05, 4.69) is 9.72 Å². The molecule has 0 saturated heterocycles. The number of hydrogen-bond donors (Lipinski definition) is 0. The van der Waals surface area contributed by atoms with Gasteiger partial charge in [-0.25, -0.2) is 4.98 Å². The summed E-state index contributed by atoms with van der Waals surface area (Å²) in [5.41, 5.74) is 0. The van der Waals surface area contributed by atoms with Gasteiger partial charge in [0.25, 0.3) is 0 Å². The molecule has 0 fully saturated rings. The third-order valence-corrected chi connectivity index (χ3v) is 1.02. The van der Waals surface area contributed by atoms with Crippen LogP contribution in [0.5, 0.6) is 5.88 Å². The quantitative estimate of drug-likeness (QED) is 0.753. The van der Waals surface area contributed by atoms with Gasteiger partial charge in [0.05, 0.1) is 0 Å². The number of alkyl halides is 3. The molecule has 0 aliphatic rings. The molecule has 0 amide bonds. The van der Waals surface area contributed by atoms with Crippen molar-refractivity contribution in [2.75, 3.05) is 6.61 Å². The molecule has 0 aliphatic carbocycles. The highest BCUT2D eigenvalue weighted by Gasteiger charge is 2.28. The molecule has 6 heteroatoms. The molecule has 0 unspecified atom stereocenters. The second kappa shape index (κ2) is 4.91. The second-order valence-corrected chi connectivity index (χ2v) is 2.07. The Morgan fingerprint density at radius 1 is 1.31 bits per heavy atom. The second-order valence-electron chi connectivity index (χ2n) is 2.07. The molecule has 1 heterocycles. The van der Waals surface area contributed by atoms with Crippen LogP contribution >= 0.6 is 12.4 Å². The Bertz CT molecular complexity index is 239. The van der Waals surface area contributed by atoms with E-state index in [0.717, 1.165) is 0 Å². The van der Waals surface area contributed by atoms with E-state index < -0.39 is 12.8 Å². The van der Waals surface area contributed by atoms with Crippen LogP contribution in [0.3, 0.4) is 0 Å². The van der Waals surface area contributed by atoms with Crippen molar-refractivity contribution in [1.29, 1.82) is 0 Å². The van der Waals surface area contributed by atoms with E-state index in [4.69, 9.17) is 0 Å². The third-order valence-electron chi connectivity index (χ3n) is 1.02. The Morgan fingerprint density at radius 2 is 2.00 bits per heavy atom. The van der Waals surface area contributed by atoms with Gasteiger partial charge in [0, 0.05) is 12.3 Å². The summed E-state index contributed by atoms with van der Waals surface area (Å²) in [6.07, 6.45) is -2.94. The third kappa shape index (κ3) is 5.30. The highest BCUT2D eigenvalue weighted by atomic mass is 35.5. The van der Waals surface area contributed by atoms with Crippen LogP contribution in [0, 0.1) is 0 Å². The molecule has 0 bridgehead atoms. The average Bonchev–Trinajstić information content (AvgIpc) is 2.02. The van der Waals surface area contributed by atoms with Gasteiger partial charge in [0.2, 0.25) is 5.88 Å². The molecule has 13 heavy (non-hydrogen) atoms. The normalized spacial score (nSPS) is 10.4. The Hall–Kier alpha value is -0.970. The molecular formula is C7H7ClF3NO. The fraction of sp³-hybridized carbons (Fsp3) is 0.286. The van der Waals surface area contributed by atoms with Crippen LogP contribution in [0.25, 0.3) is 0 Å². The van der Waals surface area contributed by atoms with Crippen LogP contribution in [-0.4, -0.2) is 17.8 Å². The van der Waals surface area contributed by atoms with Crippen molar-refractivity contribution in [2.45, 2.75) is 6.18 Å². The highest BCUT2D eigenvalue weighted by Crippen LogP contribution is 2.16. The molecule has 0 radical (unpaired) electrons. The van der Waals surface area contributed by atoms with Gasteiger partial charge in [-0.2, -0.15) is 13.2 Å². The fourth-order valence-electron chi connectivity index (χ4n) is 0.588. The van der Waals surface area contributed by atoms with E-state index in [9.17, 15) is 13.2 Å². The van der Waals surface area contributed by atoms with Gasteiger partial charge >= 0.3 is 6.18 Å². The van der Waals surface area contributed by atoms with Crippen molar-refractivity contribution in [3.63, 3.8) is 0 Å². The van der Waals surface area contributed by atoms with Gasteiger partial charge in [-0.3, -0.25) is 0 Å². The SMILES string of the molecule is Cl.FC(F)(F)COc1ccccn1. The molecule has 1 aromatic rings. The first-order valence-corrected chi connectivity index (χ1v) is 3.18. The Morgan fingerprint density at radius 3 is 2.46 bits per heavy atom. The minimum absolute atomic E-state index is 0. The van der Waals surface area contributed by atoms with Crippen LogP contribution in [-0.2, 0) is 0 Å². The molecule has 0 spiro atoms. The molecule has 0 saturated carbocycles. The molecule has 74 valence electrons. The number of hydrogen-bond acceptors (Lipinski definition) is 2. The Kier molecular flexibility index (Phi) is 4.55. The molecule has 0 aliphatic heterocycles.